The van der Waals surface area contributed by atoms with Crippen LogP contribution < -0.4 is 16.0 Å². The first-order chi connectivity index (χ1) is 11.2. The van der Waals surface area contributed by atoms with Gasteiger partial charge in [-0.1, -0.05) is 12.8 Å². The lowest BCUT2D eigenvalue weighted by atomic mass is 9.83. The zero-order valence-corrected chi connectivity index (χ0v) is 14.7. The molecule has 0 spiro atoms. The van der Waals surface area contributed by atoms with Crippen LogP contribution in [0.3, 0.4) is 0 Å². The fourth-order valence-electron chi connectivity index (χ4n) is 2.97. The molecule has 7 heteroatoms. The Morgan fingerprint density at radius 2 is 1.78 bits per heavy atom. The van der Waals surface area contributed by atoms with Crippen molar-refractivity contribution in [3.8, 4) is 0 Å². The highest BCUT2D eigenvalue weighted by Gasteiger charge is 2.33. The highest BCUT2D eigenvalue weighted by atomic mass is 16.5. The van der Waals surface area contributed by atoms with Gasteiger partial charge in [0.05, 0.1) is 13.2 Å². The fraction of sp³-hybridized carbons (Fsp3) is 0.875. The van der Waals surface area contributed by atoms with Crippen LogP contribution in [0.25, 0.3) is 0 Å². The molecule has 1 saturated carbocycles. The molecule has 134 valence electrons. The van der Waals surface area contributed by atoms with Crippen LogP contribution >= 0.6 is 0 Å². The van der Waals surface area contributed by atoms with E-state index in [1.54, 1.807) is 21.3 Å². The second kappa shape index (κ2) is 11.2. The summed E-state index contributed by atoms with van der Waals surface area (Å²) < 4.78 is 10.1. The van der Waals surface area contributed by atoms with Crippen molar-refractivity contribution in [2.45, 2.75) is 32.1 Å². The van der Waals surface area contributed by atoms with Gasteiger partial charge in [-0.25, -0.2) is 0 Å². The number of carbonyl (C=O) groups is 1. The van der Waals surface area contributed by atoms with E-state index in [0.29, 0.717) is 19.1 Å². The maximum Gasteiger partial charge on any atom is 0.239 e. The van der Waals surface area contributed by atoms with Gasteiger partial charge in [0.1, 0.15) is 0 Å². The van der Waals surface area contributed by atoms with Crippen LogP contribution in [0.5, 0.6) is 0 Å². The van der Waals surface area contributed by atoms with E-state index in [4.69, 9.17) is 9.47 Å². The Morgan fingerprint density at radius 1 is 1.09 bits per heavy atom. The molecule has 1 aliphatic carbocycles. The van der Waals surface area contributed by atoms with E-state index < -0.39 is 0 Å². The number of hydrogen-bond donors (Lipinski definition) is 3. The third-order valence-corrected chi connectivity index (χ3v) is 4.40. The van der Waals surface area contributed by atoms with Crippen molar-refractivity contribution in [1.82, 2.24) is 16.0 Å². The van der Waals surface area contributed by atoms with E-state index >= 15 is 0 Å². The van der Waals surface area contributed by atoms with Crippen LogP contribution in [0.4, 0.5) is 0 Å². The number of ether oxygens (including phenoxy) is 2. The minimum Gasteiger partial charge on any atom is -0.385 e. The molecule has 1 fully saturated rings. The van der Waals surface area contributed by atoms with Gasteiger partial charge in [-0.3, -0.25) is 9.79 Å². The summed E-state index contributed by atoms with van der Waals surface area (Å²) in [6.07, 6.45) is 6.05. The van der Waals surface area contributed by atoms with E-state index in [2.05, 4.69) is 20.9 Å². The van der Waals surface area contributed by atoms with Gasteiger partial charge in [-0.05, 0) is 24.7 Å². The zero-order chi connectivity index (χ0) is 17.0. The van der Waals surface area contributed by atoms with Gasteiger partial charge in [0.15, 0.2) is 5.96 Å². The highest BCUT2D eigenvalue weighted by Crippen LogP contribution is 2.40. The summed E-state index contributed by atoms with van der Waals surface area (Å²) in [6, 6.07) is 0. The Morgan fingerprint density at radius 3 is 2.39 bits per heavy atom. The second-order valence-corrected chi connectivity index (χ2v) is 6.07. The molecule has 0 saturated heterocycles. The maximum atomic E-state index is 11.7. The molecule has 1 aliphatic rings. The lowest BCUT2D eigenvalue weighted by molar-refractivity contribution is -0.120. The van der Waals surface area contributed by atoms with Gasteiger partial charge in [0, 0.05) is 41.0 Å². The molecule has 0 aliphatic heterocycles. The first kappa shape index (κ1) is 19.7. The van der Waals surface area contributed by atoms with Crippen LogP contribution in [0.1, 0.15) is 32.1 Å². The average molecular weight is 328 g/mol. The predicted molar refractivity (Wildman–Crippen MR) is 91.6 cm³/mol. The number of amides is 1. The zero-order valence-electron chi connectivity index (χ0n) is 14.7. The van der Waals surface area contributed by atoms with Crippen molar-refractivity contribution in [2.75, 3.05) is 54.1 Å². The Balaban J connectivity index is 2.33. The molecule has 0 heterocycles. The summed E-state index contributed by atoms with van der Waals surface area (Å²) in [4.78, 5) is 15.9. The van der Waals surface area contributed by atoms with Crippen molar-refractivity contribution in [2.24, 2.45) is 10.4 Å². The third-order valence-electron chi connectivity index (χ3n) is 4.40. The summed E-state index contributed by atoms with van der Waals surface area (Å²) in [6.45, 7) is 2.88. The smallest absolute Gasteiger partial charge is 0.239 e. The minimum absolute atomic E-state index is 0.0695. The third kappa shape index (κ3) is 7.65. The summed E-state index contributed by atoms with van der Waals surface area (Å²) in [7, 11) is 5.08. The maximum absolute atomic E-state index is 11.7. The Kier molecular flexibility index (Phi) is 9.63. The molecule has 23 heavy (non-hydrogen) atoms. The first-order valence-electron chi connectivity index (χ1n) is 8.35. The van der Waals surface area contributed by atoms with Crippen molar-refractivity contribution in [3.05, 3.63) is 0 Å². The van der Waals surface area contributed by atoms with E-state index in [1.807, 2.05) is 0 Å². The molecular weight excluding hydrogens is 296 g/mol. The van der Waals surface area contributed by atoms with Crippen LogP contribution in [0.15, 0.2) is 4.99 Å². The van der Waals surface area contributed by atoms with Crippen LogP contribution in [-0.4, -0.2) is 66.0 Å². The molecule has 0 aromatic carbocycles. The van der Waals surface area contributed by atoms with Crippen molar-refractivity contribution >= 4 is 11.9 Å². The quantitative estimate of drug-likeness (QED) is 0.309. The van der Waals surface area contributed by atoms with Gasteiger partial charge in [-0.2, -0.15) is 0 Å². The summed E-state index contributed by atoms with van der Waals surface area (Å²) >= 11 is 0. The number of rotatable bonds is 10. The Bertz CT molecular complexity index is 368. The summed E-state index contributed by atoms with van der Waals surface area (Å²) in [5.74, 6) is 0.593. The van der Waals surface area contributed by atoms with Crippen molar-refractivity contribution < 1.29 is 14.3 Å². The molecule has 0 atom stereocenters. The Labute approximate surface area is 139 Å². The SMILES string of the molecule is CN=C(NCC(=O)NCCOC)NCC1(CCOC)CCCC1. The van der Waals surface area contributed by atoms with Crippen LogP contribution in [0.2, 0.25) is 0 Å². The minimum atomic E-state index is -0.0695. The standard InChI is InChI=1S/C16H32N4O3/c1-17-15(19-12-14(21)18-9-11-23-3)20-13-16(8-10-22-2)6-4-5-7-16/h4-13H2,1-3H3,(H,18,21)(H2,17,19,20). The van der Waals surface area contributed by atoms with Gasteiger partial charge >= 0.3 is 0 Å². The van der Waals surface area contributed by atoms with Gasteiger partial charge in [0.2, 0.25) is 5.91 Å². The number of methoxy groups -OCH3 is 2. The molecule has 1 rings (SSSR count). The molecule has 0 aromatic heterocycles. The summed E-state index contributed by atoms with van der Waals surface area (Å²) in [5, 5.41) is 9.18. The number of nitrogens with zero attached hydrogens (tertiary/aromatic N) is 1. The fourth-order valence-corrected chi connectivity index (χ4v) is 2.97. The van der Waals surface area contributed by atoms with Gasteiger partial charge in [0.25, 0.3) is 0 Å². The van der Waals surface area contributed by atoms with Crippen molar-refractivity contribution in [1.29, 1.82) is 0 Å². The average Bonchev–Trinajstić information content (AvgIpc) is 3.02. The molecule has 3 N–H and O–H groups in total. The summed E-state index contributed by atoms with van der Waals surface area (Å²) in [5.41, 5.74) is 0.286. The van der Waals surface area contributed by atoms with Crippen LogP contribution in [0, 0.1) is 5.41 Å². The number of hydrogen-bond acceptors (Lipinski definition) is 4. The van der Waals surface area contributed by atoms with E-state index in [1.165, 1.54) is 25.7 Å². The lowest BCUT2D eigenvalue weighted by Gasteiger charge is -2.29. The lowest BCUT2D eigenvalue weighted by Crippen LogP contribution is -2.46. The van der Waals surface area contributed by atoms with Gasteiger partial charge in [-0.15, -0.1) is 0 Å². The number of nitrogens with one attached hydrogen (secondary N) is 3. The van der Waals surface area contributed by atoms with Crippen LogP contribution in [-0.2, 0) is 14.3 Å². The van der Waals surface area contributed by atoms with E-state index in [9.17, 15) is 4.79 Å². The molecule has 0 bridgehead atoms. The molecule has 1 amide bonds. The monoisotopic (exact) mass is 328 g/mol. The van der Waals surface area contributed by atoms with Crippen molar-refractivity contribution in [3.63, 3.8) is 0 Å². The largest absolute Gasteiger partial charge is 0.385 e. The molecule has 0 unspecified atom stereocenters. The number of guanidine groups is 1. The topological polar surface area (TPSA) is 84.0 Å². The van der Waals surface area contributed by atoms with Gasteiger partial charge < -0.3 is 25.4 Å². The number of aliphatic imine (C=N–C) groups is 1. The normalized spacial score (nSPS) is 17.1. The van der Waals surface area contributed by atoms with E-state index in [0.717, 1.165) is 19.6 Å². The molecular formula is C16H32N4O3. The predicted octanol–water partition coefficient (Wildman–Crippen LogP) is 0.511. The highest BCUT2D eigenvalue weighted by molar-refractivity contribution is 5.86. The molecule has 7 nitrogen and oxygen atoms in total. The molecule has 0 aromatic rings. The Hall–Kier alpha value is -1.34. The second-order valence-electron chi connectivity index (χ2n) is 6.07. The molecule has 0 radical (unpaired) electrons. The first-order valence-corrected chi connectivity index (χ1v) is 8.35. The number of carbonyl (C=O) groups excluding carboxylic acids is 1. The van der Waals surface area contributed by atoms with E-state index in [-0.39, 0.29) is 17.9 Å².